The molecule has 0 spiro atoms. The Morgan fingerprint density at radius 2 is 2.04 bits per heavy atom. The van der Waals surface area contributed by atoms with E-state index in [0.717, 1.165) is 0 Å². The van der Waals surface area contributed by atoms with Crippen molar-refractivity contribution in [2.45, 2.75) is 6.54 Å². The second-order valence-electron chi connectivity index (χ2n) is 5.58. The average molecular weight is 353 g/mol. The predicted molar refractivity (Wildman–Crippen MR) is 91.1 cm³/mol. The molecule has 0 aliphatic carbocycles. The normalized spacial score (nSPS) is 12.2. The van der Waals surface area contributed by atoms with Crippen molar-refractivity contribution < 1.29 is 18.7 Å². The third kappa shape index (κ3) is 3.16. The van der Waals surface area contributed by atoms with E-state index in [1.807, 2.05) is 0 Å². The molecule has 3 heterocycles. The first-order valence-corrected chi connectivity index (χ1v) is 8.00. The molecule has 8 heteroatoms. The highest BCUT2D eigenvalue weighted by molar-refractivity contribution is 5.94. The highest BCUT2D eigenvalue weighted by Gasteiger charge is 2.16. The number of carbonyl (C=O) groups is 1. The zero-order chi connectivity index (χ0) is 17.9. The van der Waals surface area contributed by atoms with Crippen LogP contribution in [0.5, 0.6) is 11.5 Å². The van der Waals surface area contributed by atoms with Crippen molar-refractivity contribution in [2.75, 3.05) is 13.3 Å². The number of furan rings is 1. The van der Waals surface area contributed by atoms with Gasteiger partial charge in [0.1, 0.15) is 5.69 Å². The van der Waals surface area contributed by atoms with Gasteiger partial charge in [-0.3, -0.25) is 9.59 Å². The minimum absolute atomic E-state index is 0.154. The van der Waals surface area contributed by atoms with Gasteiger partial charge < -0.3 is 19.2 Å². The Balaban J connectivity index is 1.41. The molecule has 0 atom stereocenters. The smallest absolute Gasteiger partial charge is 0.266 e. The third-order valence-electron chi connectivity index (χ3n) is 3.88. The Hall–Kier alpha value is -3.55. The number of amides is 1. The van der Waals surface area contributed by atoms with E-state index in [9.17, 15) is 9.59 Å². The fraction of sp³-hybridized carbons (Fsp3) is 0.167. The van der Waals surface area contributed by atoms with Crippen molar-refractivity contribution in [1.82, 2.24) is 15.1 Å². The molecule has 0 saturated heterocycles. The Kier molecular flexibility index (Phi) is 4.14. The summed E-state index contributed by atoms with van der Waals surface area (Å²) in [6, 6.07) is 11.5. The monoisotopic (exact) mass is 353 g/mol. The first-order valence-electron chi connectivity index (χ1n) is 8.00. The van der Waals surface area contributed by atoms with Gasteiger partial charge in [-0.25, -0.2) is 4.68 Å². The van der Waals surface area contributed by atoms with E-state index >= 15 is 0 Å². The van der Waals surface area contributed by atoms with Crippen LogP contribution in [0.15, 0.2) is 57.9 Å². The van der Waals surface area contributed by atoms with E-state index in [2.05, 4.69) is 10.4 Å². The van der Waals surface area contributed by atoms with Crippen molar-refractivity contribution in [1.29, 1.82) is 0 Å². The third-order valence-corrected chi connectivity index (χ3v) is 3.88. The zero-order valence-corrected chi connectivity index (χ0v) is 13.7. The number of fused-ring (bicyclic) bond motifs is 1. The lowest BCUT2D eigenvalue weighted by Crippen LogP contribution is -2.31. The van der Waals surface area contributed by atoms with Crippen LogP contribution in [0.2, 0.25) is 0 Å². The van der Waals surface area contributed by atoms with Crippen LogP contribution < -0.4 is 20.3 Å². The number of hydrogen-bond acceptors (Lipinski definition) is 6. The van der Waals surface area contributed by atoms with Gasteiger partial charge in [-0.15, -0.1) is 0 Å². The average Bonchev–Trinajstić information content (AvgIpc) is 3.34. The van der Waals surface area contributed by atoms with Gasteiger partial charge in [0.15, 0.2) is 17.3 Å². The van der Waals surface area contributed by atoms with E-state index in [1.54, 1.807) is 36.4 Å². The van der Waals surface area contributed by atoms with Crippen LogP contribution >= 0.6 is 0 Å². The molecule has 0 bridgehead atoms. The molecule has 4 rings (SSSR count). The van der Waals surface area contributed by atoms with Gasteiger partial charge in [-0.05, 0) is 36.4 Å². The first-order chi connectivity index (χ1) is 12.7. The first kappa shape index (κ1) is 15.9. The highest BCUT2D eigenvalue weighted by Crippen LogP contribution is 2.32. The SMILES string of the molecule is O=C(NCCn1nc(-c2ccco2)ccc1=O)c1ccc2c(c1)OCO2. The van der Waals surface area contributed by atoms with Gasteiger partial charge in [0.05, 0.1) is 12.8 Å². The maximum absolute atomic E-state index is 12.2. The lowest BCUT2D eigenvalue weighted by molar-refractivity contribution is 0.0951. The van der Waals surface area contributed by atoms with Crippen LogP contribution in [0, 0.1) is 0 Å². The van der Waals surface area contributed by atoms with E-state index < -0.39 is 0 Å². The summed E-state index contributed by atoms with van der Waals surface area (Å²) in [5.41, 5.74) is 0.758. The maximum Gasteiger partial charge on any atom is 0.266 e. The van der Waals surface area contributed by atoms with Gasteiger partial charge >= 0.3 is 0 Å². The molecular weight excluding hydrogens is 338 g/mol. The molecular formula is C18H15N3O5. The second-order valence-corrected chi connectivity index (χ2v) is 5.58. The molecule has 1 N–H and O–H groups in total. The van der Waals surface area contributed by atoms with E-state index in [4.69, 9.17) is 13.9 Å². The zero-order valence-electron chi connectivity index (χ0n) is 13.7. The molecule has 3 aromatic rings. The van der Waals surface area contributed by atoms with Crippen LogP contribution in [0.3, 0.4) is 0 Å². The summed E-state index contributed by atoms with van der Waals surface area (Å²) in [5, 5.41) is 7.02. The largest absolute Gasteiger partial charge is 0.463 e. The maximum atomic E-state index is 12.2. The summed E-state index contributed by atoms with van der Waals surface area (Å²) >= 11 is 0. The number of hydrogen-bond donors (Lipinski definition) is 1. The molecule has 8 nitrogen and oxygen atoms in total. The molecule has 1 aliphatic heterocycles. The van der Waals surface area contributed by atoms with E-state index in [1.165, 1.54) is 17.0 Å². The minimum Gasteiger partial charge on any atom is -0.463 e. The molecule has 2 aromatic heterocycles. The van der Waals surface area contributed by atoms with Crippen LogP contribution in [0.1, 0.15) is 10.4 Å². The number of ether oxygens (including phenoxy) is 2. The van der Waals surface area contributed by atoms with Crippen LogP contribution in [0.25, 0.3) is 11.5 Å². The van der Waals surface area contributed by atoms with Crippen molar-refractivity contribution in [3.05, 3.63) is 64.6 Å². The van der Waals surface area contributed by atoms with Gasteiger partial charge in [0.2, 0.25) is 6.79 Å². The van der Waals surface area contributed by atoms with Crippen molar-refractivity contribution >= 4 is 5.91 Å². The van der Waals surface area contributed by atoms with Gasteiger partial charge in [0.25, 0.3) is 11.5 Å². The van der Waals surface area contributed by atoms with Crippen molar-refractivity contribution in [3.8, 4) is 23.0 Å². The quantitative estimate of drug-likeness (QED) is 0.749. The van der Waals surface area contributed by atoms with Crippen LogP contribution in [-0.2, 0) is 6.54 Å². The number of benzene rings is 1. The second kappa shape index (κ2) is 6.75. The Labute approximate surface area is 148 Å². The van der Waals surface area contributed by atoms with Gasteiger partial charge in [0, 0.05) is 18.2 Å². The molecule has 1 aliphatic rings. The summed E-state index contributed by atoms with van der Waals surface area (Å²) in [6.45, 7) is 0.645. The molecule has 26 heavy (non-hydrogen) atoms. The molecule has 0 saturated carbocycles. The summed E-state index contributed by atoms with van der Waals surface area (Å²) in [7, 11) is 0. The molecule has 0 unspecified atom stereocenters. The molecule has 0 fully saturated rings. The molecule has 1 aromatic carbocycles. The summed E-state index contributed by atoms with van der Waals surface area (Å²) < 4.78 is 17.1. The Morgan fingerprint density at radius 3 is 2.88 bits per heavy atom. The lowest BCUT2D eigenvalue weighted by Gasteiger charge is -2.08. The topological polar surface area (TPSA) is 95.6 Å². The summed E-state index contributed by atoms with van der Waals surface area (Å²) in [6.07, 6.45) is 1.54. The summed E-state index contributed by atoms with van der Waals surface area (Å²) in [5.74, 6) is 1.47. The fourth-order valence-electron chi connectivity index (χ4n) is 2.58. The van der Waals surface area contributed by atoms with Crippen molar-refractivity contribution in [3.63, 3.8) is 0 Å². The van der Waals surface area contributed by atoms with E-state index in [-0.39, 0.29) is 31.3 Å². The number of carbonyl (C=O) groups excluding carboxylic acids is 1. The number of aromatic nitrogens is 2. The predicted octanol–water partition coefficient (Wildman–Crippen LogP) is 1.66. The molecule has 0 radical (unpaired) electrons. The molecule has 1 amide bonds. The minimum atomic E-state index is -0.265. The van der Waals surface area contributed by atoms with Crippen LogP contribution in [0.4, 0.5) is 0 Å². The lowest BCUT2D eigenvalue weighted by atomic mass is 10.2. The van der Waals surface area contributed by atoms with Gasteiger partial charge in [-0.1, -0.05) is 0 Å². The van der Waals surface area contributed by atoms with Crippen LogP contribution in [-0.4, -0.2) is 29.0 Å². The number of nitrogens with one attached hydrogen (secondary N) is 1. The Morgan fingerprint density at radius 1 is 1.15 bits per heavy atom. The standard InChI is InChI=1S/C18H15N3O5/c22-17-6-4-13(14-2-1-9-24-14)20-21(17)8-7-19-18(23)12-3-5-15-16(10-12)26-11-25-15/h1-6,9-10H,7-8,11H2,(H,19,23). The Bertz CT molecular complexity index is 994. The van der Waals surface area contributed by atoms with Crippen molar-refractivity contribution in [2.24, 2.45) is 0 Å². The fourth-order valence-corrected chi connectivity index (χ4v) is 2.58. The van der Waals surface area contributed by atoms with Gasteiger partial charge in [-0.2, -0.15) is 5.10 Å². The number of nitrogens with zero attached hydrogens (tertiary/aromatic N) is 2. The molecule has 132 valence electrons. The summed E-state index contributed by atoms with van der Waals surface area (Å²) in [4.78, 5) is 24.2. The highest BCUT2D eigenvalue weighted by atomic mass is 16.7. The number of rotatable bonds is 5. The van der Waals surface area contributed by atoms with E-state index in [0.29, 0.717) is 28.5 Å².